The fourth-order valence-corrected chi connectivity index (χ4v) is 4.32. The van der Waals surface area contributed by atoms with Crippen molar-refractivity contribution in [3.8, 4) is 0 Å². The summed E-state index contributed by atoms with van der Waals surface area (Å²) in [6.45, 7) is 0.356. The van der Waals surface area contributed by atoms with Gasteiger partial charge in [-0.1, -0.05) is 39.1 Å². The Morgan fingerprint density at radius 1 is 1.33 bits per heavy atom. The highest BCUT2D eigenvalue weighted by Gasteiger charge is 2.23. The number of hydrogen-bond donors (Lipinski definition) is 3. The highest BCUT2D eigenvalue weighted by Crippen LogP contribution is 2.35. The summed E-state index contributed by atoms with van der Waals surface area (Å²) in [5.74, 6) is 0. The lowest BCUT2D eigenvalue weighted by Gasteiger charge is -2.11. The highest BCUT2D eigenvalue weighted by molar-refractivity contribution is 9.10. The minimum atomic E-state index is -3.87. The van der Waals surface area contributed by atoms with Gasteiger partial charge in [-0.3, -0.25) is 9.82 Å². The van der Waals surface area contributed by atoms with Gasteiger partial charge < -0.3 is 5.32 Å². The van der Waals surface area contributed by atoms with Crippen LogP contribution in [-0.2, 0) is 16.6 Å². The molecule has 114 valence electrons. The number of aromatic nitrogens is 2. The Bertz CT molecular complexity index is 740. The number of hydrogen-bond acceptors (Lipinski definition) is 4. The number of halogens is 3. The van der Waals surface area contributed by atoms with Crippen LogP contribution in [-0.4, -0.2) is 25.7 Å². The van der Waals surface area contributed by atoms with E-state index in [9.17, 15) is 8.42 Å². The summed E-state index contributed by atoms with van der Waals surface area (Å²) in [7, 11) is -2.17. The number of anilines is 1. The summed E-state index contributed by atoms with van der Waals surface area (Å²) in [5, 5.41) is 9.42. The molecule has 0 aliphatic carbocycles. The van der Waals surface area contributed by atoms with Gasteiger partial charge in [0, 0.05) is 16.6 Å². The fourth-order valence-electron chi connectivity index (χ4n) is 1.67. The summed E-state index contributed by atoms with van der Waals surface area (Å²) >= 11 is 15.3. The van der Waals surface area contributed by atoms with Crippen molar-refractivity contribution in [1.29, 1.82) is 0 Å². The number of sulfonamides is 1. The first-order valence-electron chi connectivity index (χ1n) is 5.69. The van der Waals surface area contributed by atoms with E-state index in [1.807, 2.05) is 0 Å². The zero-order chi connectivity index (χ0) is 15.6. The van der Waals surface area contributed by atoms with Crippen LogP contribution in [0.3, 0.4) is 0 Å². The van der Waals surface area contributed by atoms with Gasteiger partial charge in [0.15, 0.2) is 5.03 Å². The molecule has 0 bridgehead atoms. The van der Waals surface area contributed by atoms with Crippen molar-refractivity contribution in [3.63, 3.8) is 0 Å². The third kappa shape index (κ3) is 3.70. The number of rotatable bonds is 5. The quantitative estimate of drug-likeness (QED) is 0.703. The molecule has 3 N–H and O–H groups in total. The highest BCUT2D eigenvalue weighted by atomic mass is 79.9. The zero-order valence-corrected chi connectivity index (χ0v) is 14.7. The van der Waals surface area contributed by atoms with Crippen LogP contribution in [0.1, 0.15) is 5.56 Å². The van der Waals surface area contributed by atoms with Gasteiger partial charge in [-0.2, -0.15) is 13.5 Å². The molecule has 1 aromatic heterocycles. The van der Waals surface area contributed by atoms with Crippen LogP contribution in [0.25, 0.3) is 0 Å². The molecule has 0 fully saturated rings. The maximum absolute atomic E-state index is 12.4. The van der Waals surface area contributed by atoms with Crippen LogP contribution >= 0.6 is 39.1 Å². The Morgan fingerprint density at radius 2 is 1.95 bits per heavy atom. The van der Waals surface area contributed by atoms with E-state index in [2.05, 4.69) is 36.2 Å². The largest absolute Gasteiger partial charge is 0.316 e. The molecule has 0 radical (unpaired) electrons. The Morgan fingerprint density at radius 3 is 2.52 bits per heavy atom. The van der Waals surface area contributed by atoms with Gasteiger partial charge in [0.25, 0.3) is 10.0 Å². The van der Waals surface area contributed by atoms with Crippen molar-refractivity contribution in [2.45, 2.75) is 11.6 Å². The molecule has 0 atom stereocenters. The minimum absolute atomic E-state index is 0.0353. The molecule has 21 heavy (non-hydrogen) atoms. The van der Waals surface area contributed by atoms with Gasteiger partial charge in [0.1, 0.15) is 0 Å². The first-order valence-corrected chi connectivity index (χ1v) is 8.72. The number of nitrogens with one attached hydrogen (secondary N) is 3. The number of H-pyrrole nitrogens is 1. The van der Waals surface area contributed by atoms with Crippen molar-refractivity contribution in [1.82, 2.24) is 15.5 Å². The first kappa shape index (κ1) is 16.6. The molecule has 0 spiro atoms. The lowest BCUT2D eigenvalue weighted by molar-refractivity contribution is 0.595. The second-order valence-corrected chi connectivity index (χ2v) is 7.45. The molecule has 0 unspecified atom stereocenters. The van der Waals surface area contributed by atoms with Crippen molar-refractivity contribution in [2.75, 3.05) is 11.8 Å². The van der Waals surface area contributed by atoms with Crippen molar-refractivity contribution < 1.29 is 8.42 Å². The van der Waals surface area contributed by atoms with Gasteiger partial charge in [0.2, 0.25) is 0 Å². The van der Waals surface area contributed by atoms with Gasteiger partial charge in [-0.25, -0.2) is 0 Å². The molecular weight excluding hydrogens is 403 g/mol. The predicted octanol–water partition coefficient (Wildman–Crippen LogP) is 3.00. The van der Waals surface area contributed by atoms with Crippen molar-refractivity contribution in [2.24, 2.45) is 0 Å². The van der Waals surface area contributed by atoms with Crippen LogP contribution in [0.5, 0.6) is 0 Å². The summed E-state index contributed by atoms with van der Waals surface area (Å²) in [6.07, 6.45) is 1.44. The molecule has 2 rings (SSSR count). The summed E-state index contributed by atoms with van der Waals surface area (Å²) < 4.78 is 27.8. The van der Waals surface area contributed by atoms with Gasteiger partial charge in [-0.15, -0.1) is 0 Å². The summed E-state index contributed by atoms with van der Waals surface area (Å²) in [5.41, 5.74) is 0.626. The SMILES string of the molecule is CNCc1cn[nH]c1S(=O)(=O)Nc1c(Cl)cc(Br)cc1Cl. The first-order chi connectivity index (χ1) is 9.85. The average molecular weight is 414 g/mol. The smallest absolute Gasteiger partial charge is 0.279 e. The number of aromatic amines is 1. The van der Waals surface area contributed by atoms with Crippen molar-refractivity contribution >= 4 is 54.8 Å². The Balaban J connectivity index is 2.40. The molecule has 0 saturated heterocycles. The van der Waals surface area contributed by atoms with Crippen LogP contribution in [0.2, 0.25) is 10.0 Å². The van der Waals surface area contributed by atoms with Crippen LogP contribution < -0.4 is 10.0 Å². The topological polar surface area (TPSA) is 86.9 Å². The summed E-state index contributed by atoms with van der Waals surface area (Å²) in [6, 6.07) is 3.10. The Labute approximate surface area is 140 Å². The molecular formula is C11H11BrCl2N4O2S. The second kappa shape index (κ2) is 6.53. The minimum Gasteiger partial charge on any atom is -0.316 e. The molecule has 0 aliphatic rings. The third-order valence-electron chi connectivity index (χ3n) is 2.56. The second-order valence-electron chi connectivity index (χ2n) is 4.10. The van der Waals surface area contributed by atoms with Crippen molar-refractivity contribution in [3.05, 3.63) is 38.4 Å². The standard InChI is InChI=1S/C11H11BrCl2N4O2S/c1-15-4-6-5-16-17-11(6)21(19,20)18-10-8(13)2-7(12)3-9(10)14/h2-3,5,15,18H,4H2,1H3,(H,16,17). The maximum Gasteiger partial charge on any atom is 0.279 e. The number of benzene rings is 1. The molecule has 1 heterocycles. The van der Waals surface area contributed by atoms with E-state index < -0.39 is 10.0 Å². The van der Waals surface area contributed by atoms with Gasteiger partial charge >= 0.3 is 0 Å². The fraction of sp³-hybridized carbons (Fsp3) is 0.182. The molecule has 1 aromatic carbocycles. The lowest BCUT2D eigenvalue weighted by Crippen LogP contribution is -2.17. The van der Waals surface area contributed by atoms with Crippen LogP contribution in [0, 0.1) is 0 Å². The monoisotopic (exact) mass is 412 g/mol. The van der Waals surface area contributed by atoms with E-state index in [4.69, 9.17) is 23.2 Å². The van der Waals surface area contributed by atoms with E-state index in [0.717, 1.165) is 0 Å². The average Bonchev–Trinajstić information content (AvgIpc) is 2.83. The van der Waals surface area contributed by atoms with E-state index in [1.165, 1.54) is 6.20 Å². The predicted molar refractivity (Wildman–Crippen MR) is 86.3 cm³/mol. The molecule has 0 saturated carbocycles. The molecule has 0 amide bonds. The maximum atomic E-state index is 12.4. The Hall–Kier alpha value is -0.800. The molecule has 10 heteroatoms. The zero-order valence-electron chi connectivity index (χ0n) is 10.7. The molecule has 2 aromatic rings. The Kier molecular flexibility index (Phi) is 5.15. The lowest BCUT2D eigenvalue weighted by atomic mass is 10.3. The molecule has 6 nitrogen and oxygen atoms in total. The molecule has 0 aliphatic heterocycles. The third-order valence-corrected chi connectivity index (χ3v) is 4.98. The van der Waals surface area contributed by atoms with Crippen LogP contribution in [0.15, 0.2) is 27.8 Å². The van der Waals surface area contributed by atoms with Gasteiger partial charge in [-0.05, 0) is 19.2 Å². The van der Waals surface area contributed by atoms with E-state index in [-0.39, 0.29) is 20.8 Å². The van der Waals surface area contributed by atoms with E-state index >= 15 is 0 Å². The normalized spacial score (nSPS) is 11.6. The van der Waals surface area contributed by atoms with E-state index in [0.29, 0.717) is 16.6 Å². The van der Waals surface area contributed by atoms with Gasteiger partial charge in [0.05, 0.1) is 21.9 Å². The van der Waals surface area contributed by atoms with E-state index in [1.54, 1.807) is 19.2 Å². The van der Waals surface area contributed by atoms with Crippen LogP contribution in [0.4, 0.5) is 5.69 Å². The summed E-state index contributed by atoms with van der Waals surface area (Å²) in [4.78, 5) is 0. The number of nitrogens with zero attached hydrogens (tertiary/aromatic N) is 1.